The Hall–Kier alpha value is -3.91. The van der Waals surface area contributed by atoms with Crippen molar-refractivity contribution in [2.75, 3.05) is 19.0 Å². The van der Waals surface area contributed by atoms with Crippen molar-refractivity contribution < 1.29 is 24.6 Å². The molecule has 0 radical (unpaired) electrons. The van der Waals surface area contributed by atoms with Gasteiger partial charge in [0, 0.05) is 36.4 Å². The number of amides is 1. The van der Waals surface area contributed by atoms with E-state index in [4.69, 9.17) is 0 Å². The second-order valence-electron chi connectivity index (χ2n) is 8.88. The van der Waals surface area contributed by atoms with Crippen LogP contribution in [0.5, 0.6) is 0 Å². The fraction of sp³-hybridized carbons (Fsp3) is 0.179. The number of benzene rings is 3. The summed E-state index contributed by atoms with van der Waals surface area (Å²) in [5.74, 6) is -2.78. The number of aromatic carboxylic acids is 1. The molecule has 0 aliphatic carbocycles. The van der Waals surface area contributed by atoms with E-state index in [9.17, 15) is 24.6 Å². The normalized spacial score (nSPS) is 16.9. The number of Topliss-reactive ketones (excluding diaryl/α,β-unsaturated/α-hetero) is 1. The van der Waals surface area contributed by atoms with Crippen LogP contribution in [0.25, 0.3) is 5.76 Å². The number of carbonyl (C=O) groups excluding carboxylic acids is 2. The number of aliphatic hydroxyl groups is 1. The molecule has 2 N–H and O–H groups in total. The summed E-state index contributed by atoms with van der Waals surface area (Å²) in [5.41, 5.74) is 3.74. The molecule has 184 valence electrons. The molecule has 1 atom stereocenters. The molecule has 1 fully saturated rings. The lowest BCUT2D eigenvalue weighted by Crippen LogP contribution is -2.29. The third-order valence-corrected chi connectivity index (χ3v) is 7.14. The highest BCUT2D eigenvalue weighted by molar-refractivity contribution is 9.10. The number of ketones is 1. The molecule has 1 unspecified atom stereocenters. The summed E-state index contributed by atoms with van der Waals surface area (Å²) in [6.07, 6.45) is 0. The van der Waals surface area contributed by atoms with Crippen molar-refractivity contribution in [2.24, 2.45) is 0 Å². The minimum atomic E-state index is -1.05. The molecule has 0 bridgehead atoms. The lowest BCUT2D eigenvalue weighted by atomic mass is 9.94. The van der Waals surface area contributed by atoms with Crippen molar-refractivity contribution in [1.29, 1.82) is 0 Å². The van der Waals surface area contributed by atoms with Gasteiger partial charge in [0.05, 0.1) is 17.2 Å². The molecule has 0 saturated carbocycles. The van der Waals surface area contributed by atoms with Crippen LogP contribution in [-0.2, 0) is 16.1 Å². The predicted molar refractivity (Wildman–Crippen MR) is 141 cm³/mol. The Labute approximate surface area is 217 Å². The van der Waals surface area contributed by atoms with Gasteiger partial charge in [-0.15, -0.1) is 0 Å². The van der Waals surface area contributed by atoms with Crippen LogP contribution in [0.2, 0.25) is 0 Å². The van der Waals surface area contributed by atoms with Crippen LogP contribution in [0.1, 0.15) is 38.7 Å². The SMILES string of the molecule is Cc1cc(/C(O)=C2/C(=O)C(=O)N(Cc3ccc(C(=O)O)cc3)C2c2ccc(N(C)C)cc2)ccc1Br. The van der Waals surface area contributed by atoms with Gasteiger partial charge in [0.1, 0.15) is 5.76 Å². The number of hydrogen-bond donors (Lipinski definition) is 2. The van der Waals surface area contributed by atoms with E-state index in [2.05, 4.69) is 15.9 Å². The first-order valence-corrected chi connectivity index (χ1v) is 12.0. The zero-order valence-corrected chi connectivity index (χ0v) is 21.6. The van der Waals surface area contributed by atoms with Crippen LogP contribution >= 0.6 is 15.9 Å². The average Bonchev–Trinajstić information content (AvgIpc) is 3.10. The minimum Gasteiger partial charge on any atom is -0.507 e. The maximum absolute atomic E-state index is 13.3. The van der Waals surface area contributed by atoms with Crippen molar-refractivity contribution in [2.45, 2.75) is 19.5 Å². The maximum atomic E-state index is 13.3. The maximum Gasteiger partial charge on any atom is 0.335 e. The highest BCUT2D eigenvalue weighted by Crippen LogP contribution is 2.41. The Morgan fingerprint density at radius 3 is 2.11 bits per heavy atom. The lowest BCUT2D eigenvalue weighted by Gasteiger charge is -2.26. The van der Waals surface area contributed by atoms with Gasteiger partial charge in [-0.1, -0.05) is 46.3 Å². The molecule has 4 rings (SSSR count). The van der Waals surface area contributed by atoms with Gasteiger partial charge in [-0.2, -0.15) is 0 Å². The number of carboxylic acid groups (broad SMARTS) is 1. The molecule has 1 heterocycles. The Balaban J connectivity index is 1.83. The van der Waals surface area contributed by atoms with Crippen molar-refractivity contribution in [3.8, 4) is 0 Å². The van der Waals surface area contributed by atoms with E-state index < -0.39 is 23.7 Å². The topological polar surface area (TPSA) is 98.2 Å². The number of rotatable bonds is 6. The second kappa shape index (κ2) is 9.99. The molecular formula is C28H25BrN2O5. The van der Waals surface area contributed by atoms with Gasteiger partial charge in [0.2, 0.25) is 0 Å². The van der Waals surface area contributed by atoms with Crippen LogP contribution in [0.3, 0.4) is 0 Å². The molecule has 1 amide bonds. The van der Waals surface area contributed by atoms with Crippen LogP contribution in [0.4, 0.5) is 5.69 Å². The van der Waals surface area contributed by atoms with E-state index in [-0.39, 0.29) is 23.4 Å². The Bertz CT molecular complexity index is 1380. The summed E-state index contributed by atoms with van der Waals surface area (Å²) in [6.45, 7) is 1.94. The fourth-order valence-electron chi connectivity index (χ4n) is 4.24. The number of likely N-dealkylation sites (tertiary alicyclic amines) is 1. The first kappa shape index (κ1) is 25.2. The summed E-state index contributed by atoms with van der Waals surface area (Å²) < 4.78 is 0.861. The lowest BCUT2D eigenvalue weighted by molar-refractivity contribution is -0.140. The number of nitrogens with zero attached hydrogens (tertiary/aromatic N) is 2. The zero-order valence-electron chi connectivity index (χ0n) is 20.0. The Kier molecular flexibility index (Phi) is 6.99. The molecule has 3 aromatic rings. The molecule has 1 saturated heterocycles. The van der Waals surface area contributed by atoms with Crippen molar-refractivity contribution in [1.82, 2.24) is 4.90 Å². The fourth-order valence-corrected chi connectivity index (χ4v) is 4.49. The van der Waals surface area contributed by atoms with E-state index in [1.807, 2.05) is 50.2 Å². The summed E-state index contributed by atoms with van der Waals surface area (Å²) in [6, 6.07) is 18.0. The van der Waals surface area contributed by atoms with Gasteiger partial charge in [-0.05, 0) is 60.0 Å². The first-order chi connectivity index (χ1) is 17.1. The summed E-state index contributed by atoms with van der Waals surface area (Å²) in [5, 5.41) is 20.5. The molecular weight excluding hydrogens is 524 g/mol. The molecule has 1 aliphatic heterocycles. The van der Waals surface area contributed by atoms with E-state index >= 15 is 0 Å². The quantitative estimate of drug-likeness (QED) is 0.251. The molecule has 0 spiro atoms. The molecule has 1 aliphatic rings. The van der Waals surface area contributed by atoms with Gasteiger partial charge in [0.15, 0.2) is 0 Å². The summed E-state index contributed by atoms with van der Waals surface area (Å²) >= 11 is 3.44. The summed E-state index contributed by atoms with van der Waals surface area (Å²) in [7, 11) is 3.83. The van der Waals surface area contributed by atoms with Gasteiger partial charge in [-0.25, -0.2) is 4.79 Å². The molecule has 36 heavy (non-hydrogen) atoms. The predicted octanol–water partition coefficient (Wildman–Crippen LogP) is 5.14. The third-order valence-electron chi connectivity index (χ3n) is 6.25. The number of carbonyl (C=O) groups is 3. The average molecular weight is 549 g/mol. The molecule has 8 heteroatoms. The zero-order chi connectivity index (χ0) is 26.1. The first-order valence-electron chi connectivity index (χ1n) is 11.2. The number of hydrogen-bond acceptors (Lipinski definition) is 5. The number of halogens is 1. The molecule has 0 aromatic heterocycles. The van der Waals surface area contributed by atoms with E-state index in [1.54, 1.807) is 30.3 Å². The van der Waals surface area contributed by atoms with Crippen molar-refractivity contribution >= 4 is 45.0 Å². The Morgan fingerprint density at radius 2 is 1.56 bits per heavy atom. The highest BCUT2D eigenvalue weighted by Gasteiger charge is 2.46. The third kappa shape index (κ3) is 4.77. The molecule has 7 nitrogen and oxygen atoms in total. The largest absolute Gasteiger partial charge is 0.507 e. The van der Waals surface area contributed by atoms with Crippen LogP contribution in [-0.4, -0.2) is 46.9 Å². The van der Waals surface area contributed by atoms with Gasteiger partial charge in [0.25, 0.3) is 11.7 Å². The van der Waals surface area contributed by atoms with Gasteiger partial charge >= 0.3 is 5.97 Å². The number of aryl methyl sites for hydroxylation is 1. The Morgan fingerprint density at radius 1 is 0.944 bits per heavy atom. The number of aliphatic hydroxyl groups excluding tert-OH is 1. The van der Waals surface area contributed by atoms with E-state index in [0.29, 0.717) is 16.7 Å². The van der Waals surface area contributed by atoms with Crippen molar-refractivity contribution in [3.05, 3.63) is 105 Å². The van der Waals surface area contributed by atoms with Gasteiger partial charge in [-0.3, -0.25) is 9.59 Å². The van der Waals surface area contributed by atoms with E-state index in [0.717, 1.165) is 15.7 Å². The minimum absolute atomic E-state index is 0.0153. The standard InChI is InChI=1S/C28H25BrN2O5/c1-16-14-20(10-13-22(16)29)25(32)23-24(18-8-11-21(12-9-18)30(2)3)31(27(34)26(23)33)15-17-4-6-19(7-5-17)28(35)36/h4-14,24,32H,15H2,1-3H3,(H,35,36)/b25-23-. The van der Waals surface area contributed by atoms with E-state index in [1.165, 1.54) is 17.0 Å². The smallest absolute Gasteiger partial charge is 0.335 e. The van der Waals surface area contributed by atoms with Crippen LogP contribution in [0, 0.1) is 6.92 Å². The van der Waals surface area contributed by atoms with Gasteiger partial charge < -0.3 is 20.0 Å². The molecule has 3 aromatic carbocycles. The second-order valence-corrected chi connectivity index (χ2v) is 9.73. The monoisotopic (exact) mass is 548 g/mol. The van der Waals surface area contributed by atoms with Crippen molar-refractivity contribution in [3.63, 3.8) is 0 Å². The summed E-state index contributed by atoms with van der Waals surface area (Å²) in [4.78, 5) is 41.1. The van der Waals surface area contributed by atoms with Crippen LogP contribution < -0.4 is 4.90 Å². The number of anilines is 1. The highest BCUT2D eigenvalue weighted by atomic mass is 79.9. The van der Waals surface area contributed by atoms with Crippen LogP contribution in [0.15, 0.2) is 76.8 Å². The number of carboxylic acids is 1.